The summed E-state index contributed by atoms with van der Waals surface area (Å²) in [6.07, 6.45) is 1.92. The maximum absolute atomic E-state index is 5.76. The minimum absolute atomic E-state index is 0.0973. The van der Waals surface area contributed by atoms with Crippen molar-refractivity contribution in [2.45, 2.75) is 52.6 Å². The third kappa shape index (κ3) is 3.00. The Hall–Kier alpha value is -1.03. The lowest BCUT2D eigenvalue weighted by Crippen LogP contribution is -2.40. The van der Waals surface area contributed by atoms with Crippen LogP contribution in [0, 0.1) is 0 Å². The van der Waals surface area contributed by atoms with Gasteiger partial charge in [-0.15, -0.1) is 0 Å². The van der Waals surface area contributed by atoms with Crippen LogP contribution in [0.15, 0.2) is 6.20 Å². The molecule has 1 unspecified atom stereocenters. The highest BCUT2D eigenvalue weighted by atomic mass is 16.5. The van der Waals surface area contributed by atoms with E-state index in [0.29, 0.717) is 6.04 Å². The van der Waals surface area contributed by atoms with Gasteiger partial charge in [0.05, 0.1) is 18.8 Å². The van der Waals surface area contributed by atoms with E-state index >= 15 is 0 Å². The number of likely N-dealkylation sites (N-methyl/N-ethyl adjacent to an activating group) is 1. The van der Waals surface area contributed by atoms with E-state index in [4.69, 9.17) is 4.74 Å². The third-order valence-corrected chi connectivity index (χ3v) is 2.82. The van der Waals surface area contributed by atoms with Crippen molar-refractivity contribution in [3.63, 3.8) is 0 Å². The fourth-order valence-corrected chi connectivity index (χ4v) is 1.79. The van der Waals surface area contributed by atoms with Crippen LogP contribution in [0.2, 0.25) is 0 Å². The van der Waals surface area contributed by atoms with Gasteiger partial charge < -0.3 is 10.1 Å². The van der Waals surface area contributed by atoms with Gasteiger partial charge in [-0.05, 0) is 12.5 Å². The molecule has 2 rings (SSSR count). The van der Waals surface area contributed by atoms with Crippen LogP contribution in [0.1, 0.15) is 40.2 Å². The van der Waals surface area contributed by atoms with Gasteiger partial charge in [0.1, 0.15) is 6.61 Å². The van der Waals surface area contributed by atoms with Crippen LogP contribution >= 0.6 is 0 Å². The molecule has 0 spiro atoms. The van der Waals surface area contributed by atoms with Crippen molar-refractivity contribution in [1.29, 1.82) is 0 Å². The number of hydrogen-bond acceptors (Lipinski definition) is 3. The van der Waals surface area contributed by atoms with Crippen molar-refractivity contribution in [3.05, 3.63) is 11.8 Å². The van der Waals surface area contributed by atoms with Crippen molar-refractivity contribution >= 4 is 0 Å². The first-order valence-electron chi connectivity index (χ1n) is 6.38. The number of hydrogen-bond donors (Lipinski definition) is 1. The molecule has 0 saturated carbocycles. The zero-order valence-corrected chi connectivity index (χ0v) is 11.9. The van der Waals surface area contributed by atoms with Gasteiger partial charge in [-0.2, -0.15) is 5.10 Å². The summed E-state index contributed by atoms with van der Waals surface area (Å²) in [4.78, 5) is 0. The van der Waals surface area contributed by atoms with Crippen LogP contribution in [0.25, 0.3) is 0 Å². The lowest BCUT2D eigenvalue weighted by Gasteiger charge is -2.26. The quantitative estimate of drug-likeness (QED) is 0.816. The Morgan fingerprint density at radius 3 is 2.59 bits per heavy atom. The molecule has 1 aliphatic rings. The molecular weight excluding hydrogens is 214 g/mol. The molecule has 0 amide bonds. The molecule has 1 aromatic rings. The first kappa shape index (κ1) is 14.0. The largest absolute Gasteiger partial charge is 0.476 e. The van der Waals surface area contributed by atoms with E-state index in [2.05, 4.69) is 31.2 Å². The molecule has 4 nitrogen and oxygen atoms in total. The second-order valence-corrected chi connectivity index (χ2v) is 5.09. The topological polar surface area (TPSA) is 39.1 Å². The number of ether oxygens (including phenoxy) is 1. The lowest BCUT2D eigenvalue weighted by atomic mass is 9.89. The highest BCUT2D eigenvalue weighted by molar-refractivity contribution is 5.32. The van der Waals surface area contributed by atoms with Gasteiger partial charge >= 0.3 is 0 Å². The van der Waals surface area contributed by atoms with Gasteiger partial charge in [-0.25, -0.2) is 4.68 Å². The SMILES string of the molecule is CC.CNC1COc2c(C(C)(C)C)cnn2C1. The van der Waals surface area contributed by atoms with Crippen LogP contribution in [0.4, 0.5) is 0 Å². The number of nitrogens with one attached hydrogen (secondary N) is 1. The fourth-order valence-electron chi connectivity index (χ4n) is 1.79. The standard InChI is InChI=1S/C11H19N3O.C2H6/c1-11(2,3)9-5-13-14-6-8(12-4)7-15-10(9)14;1-2/h5,8,12H,6-7H2,1-4H3;1-2H3. The van der Waals surface area contributed by atoms with Crippen LogP contribution in [0.3, 0.4) is 0 Å². The second-order valence-electron chi connectivity index (χ2n) is 5.09. The van der Waals surface area contributed by atoms with Crippen LogP contribution in [-0.4, -0.2) is 29.5 Å². The number of aromatic nitrogens is 2. The van der Waals surface area contributed by atoms with E-state index in [-0.39, 0.29) is 5.41 Å². The minimum Gasteiger partial charge on any atom is -0.476 e. The number of rotatable bonds is 1. The maximum atomic E-state index is 5.76. The van der Waals surface area contributed by atoms with Crippen LogP contribution < -0.4 is 10.1 Å². The molecule has 1 N–H and O–H groups in total. The summed E-state index contributed by atoms with van der Waals surface area (Å²) in [7, 11) is 1.95. The Morgan fingerprint density at radius 2 is 2.06 bits per heavy atom. The summed E-state index contributed by atoms with van der Waals surface area (Å²) in [5, 5.41) is 7.58. The monoisotopic (exact) mass is 239 g/mol. The minimum atomic E-state index is 0.0973. The molecule has 0 fully saturated rings. The average Bonchev–Trinajstić information content (AvgIpc) is 2.73. The Bertz CT molecular complexity index is 352. The molecule has 1 aromatic heterocycles. The highest BCUT2D eigenvalue weighted by Gasteiger charge is 2.27. The van der Waals surface area contributed by atoms with Crippen molar-refractivity contribution in [2.24, 2.45) is 0 Å². The third-order valence-electron chi connectivity index (χ3n) is 2.82. The van der Waals surface area contributed by atoms with E-state index < -0.39 is 0 Å². The Morgan fingerprint density at radius 1 is 1.41 bits per heavy atom. The van der Waals surface area contributed by atoms with E-state index in [1.54, 1.807) is 0 Å². The smallest absolute Gasteiger partial charge is 0.215 e. The first-order chi connectivity index (χ1) is 8.02. The van der Waals surface area contributed by atoms with Crippen LogP contribution in [0.5, 0.6) is 5.88 Å². The molecule has 98 valence electrons. The maximum Gasteiger partial charge on any atom is 0.215 e. The van der Waals surface area contributed by atoms with Crippen molar-refractivity contribution in [1.82, 2.24) is 15.1 Å². The van der Waals surface area contributed by atoms with E-state index in [0.717, 1.165) is 19.0 Å². The van der Waals surface area contributed by atoms with Crippen molar-refractivity contribution in [2.75, 3.05) is 13.7 Å². The number of fused-ring (bicyclic) bond motifs is 1. The summed E-state index contributed by atoms with van der Waals surface area (Å²) >= 11 is 0. The zero-order valence-electron chi connectivity index (χ0n) is 11.9. The molecular formula is C13H25N3O. The summed E-state index contributed by atoms with van der Waals surface area (Å²) in [5.74, 6) is 0.939. The van der Waals surface area contributed by atoms with Gasteiger partial charge in [0.15, 0.2) is 0 Å². The summed E-state index contributed by atoms with van der Waals surface area (Å²) < 4.78 is 7.71. The molecule has 0 radical (unpaired) electrons. The van der Waals surface area contributed by atoms with E-state index in [1.807, 2.05) is 31.8 Å². The summed E-state index contributed by atoms with van der Waals surface area (Å²) in [6, 6.07) is 0.366. The normalized spacial score (nSPS) is 18.8. The molecule has 0 saturated heterocycles. The fraction of sp³-hybridized carbons (Fsp3) is 0.769. The van der Waals surface area contributed by atoms with Gasteiger partial charge in [0.2, 0.25) is 5.88 Å². The zero-order chi connectivity index (χ0) is 13.1. The van der Waals surface area contributed by atoms with E-state index in [1.165, 1.54) is 5.56 Å². The second kappa shape index (κ2) is 5.54. The lowest BCUT2D eigenvalue weighted by molar-refractivity contribution is 0.185. The molecule has 0 aliphatic carbocycles. The molecule has 0 aromatic carbocycles. The molecule has 1 atom stereocenters. The Labute approximate surface area is 104 Å². The average molecular weight is 239 g/mol. The van der Waals surface area contributed by atoms with Gasteiger partial charge in [-0.1, -0.05) is 34.6 Å². The van der Waals surface area contributed by atoms with Crippen molar-refractivity contribution < 1.29 is 4.74 Å². The highest BCUT2D eigenvalue weighted by Crippen LogP contribution is 2.32. The molecule has 4 heteroatoms. The van der Waals surface area contributed by atoms with Gasteiger partial charge in [0.25, 0.3) is 0 Å². The van der Waals surface area contributed by atoms with Gasteiger partial charge in [-0.3, -0.25) is 0 Å². The number of nitrogens with zero attached hydrogens (tertiary/aromatic N) is 2. The molecule has 0 bridgehead atoms. The van der Waals surface area contributed by atoms with Crippen LogP contribution in [-0.2, 0) is 12.0 Å². The molecule has 17 heavy (non-hydrogen) atoms. The van der Waals surface area contributed by atoms with Gasteiger partial charge in [0, 0.05) is 5.56 Å². The van der Waals surface area contributed by atoms with Crippen molar-refractivity contribution in [3.8, 4) is 5.88 Å². The predicted molar refractivity (Wildman–Crippen MR) is 70.6 cm³/mol. The molecule has 2 heterocycles. The predicted octanol–water partition coefficient (Wildman–Crippen LogP) is 2.19. The Balaban J connectivity index is 0.000000686. The summed E-state index contributed by atoms with van der Waals surface area (Å²) in [5.41, 5.74) is 1.29. The van der Waals surface area contributed by atoms with E-state index in [9.17, 15) is 0 Å². The summed E-state index contributed by atoms with van der Waals surface area (Å²) in [6.45, 7) is 12.2. The first-order valence-corrected chi connectivity index (χ1v) is 6.38. The Kier molecular flexibility index (Phi) is 4.57. The molecule has 1 aliphatic heterocycles.